The van der Waals surface area contributed by atoms with E-state index in [2.05, 4.69) is 29.4 Å². The van der Waals surface area contributed by atoms with Gasteiger partial charge in [-0.25, -0.2) is 0 Å². The summed E-state index contributed by atoms with van der Waals surface area (Å²) in [6.07, 6.45) is 0.258. The molecule has 0 saturated carbocycles. The van der Waals surface area contributed by atoms with Gasteiger partial charge >= 0.3 is 5.97 Å². The van der Waals surface area contributed by atoms with Crippen molar-refractivity contribution >= 4 is 40.5 Å². The summed E-state index contributed by atoms with van der Waals surface area (Å²) in [5, 5.41) is 13.3. The Balaban J connectivity index is 1.48. The van der Waals surface area contributed by atoms with Crippen LogP contribution in [0.15, 0.2) is 29.3 Å². The Kier molecular flexibility index (Phi) is 8.88. The van der Waals surface area contributed by atoms with Crippen molar-refractivity contribution in [1.29, 1.82) is 0 Å². The molecule has 1 aliphatic rings. The quantitative estimate of drug-likeness (QED) is 0.284. The minimum atomic E-state index is -0.538. The summed E-state index contributed by atoms with van der Waals surface area (Å²) in [6.45, 7) is 12.4. The van der Waals surface area contributed by atoms with Crippen molar-refractivity contribution in [2.45, 2.75) is 66.0 Å². The Hall–Kier alpha value is -3.08. The average molecular weight is 572 g/mol. The van der Waals surface area contributed by atoms with Crippen LogP contribution in [0.3, 0.4) is 0 Å². The van der Waals surface area contributed by atoms with Crippen molar-refractivity contribution in [3.8, 4) is 5.00 Å². The second kappa shape index (κ2) is 12.0. The molecule has 4 rings (SSSR count). The minimum Gasteiger partial charge on any atom is -0.460 e. The number of aromatic nitrogens is 3. The molecule has 1 atom stereocenters. The number of fused-ring (bicyclic) bond motifs is 3. The number of ether oxygens (including phenoxy) is 2. The molecule has 1 aromatic carbocycles. The third-order valence-electron chi connectivity index (χ3n) is 6.18. The van der Waals surface area contributed by atoms with E-state index >= 15 is 0 Å². The molecular weight excluding hydrogens is 538 g/mol. The maximum Gasteiger partial charge on any atom is 0.308 e. The van der Waals surface area contributed by atoms with Crippen LogP contribution in [-0.4, -0.2) is 57.7 Å². The number of hydrogen-bond donors (Lipinski definition) is 1. The zero-order valence-corrected chi connectivity index (χ0v) is 24.7. The van der Waals surface area contributed by atoms with Crippen LogP contribution in [0.5, 0.6) is 0 Å². The number of amides is 1. The molecule has 1 amide bonds. The second-order valence-corrected chi connectivity index (χ2v) is 12.0. The Morgan fingerprint density at radius 3 is 2.51 bits per heavy atom. The number of halogens is 1. The van der Waals surface area contributed by atoms with Gasteiger partial charge in [0.05, 0.1) is 31.8 Å². The van der Waals surface area contributed by atoms with Gasteiger partial charge in [0, 0.05) is 27.6 Å². The molecule has 0 aliphatic carbocycles. The number of hydrogen-bond acceptors (Lipinski definition) is 8. The highest BCUT2D eigenvalue weighted by Crippen LogP contribution is 2.39. The van der Waals surface area contributed by atoms with Gasteiger partial charge in [0.15, 0.2) is 5.82 Å². The highest BCUT2D eigenvalue weighted by atomic mass is 35.5. The average Bonchev–Trinajstić information content (AvgIpc) is 3.33. The molecule has 208 valence electrons. The number of aryl methyl sites for hydroxylation is 2. The van der Waals surface area contributed by atoms with Crippen LogP contribution in [0.4, 0.5) is 0 Å². The molecule has 3 heterocycles. The Morgan fingerprint density at radius 2 is 1.82 bits per heavy atom. The van der Waals surface area contributed by atoms with Crippen LogP contribution in [0.2, 0.25) is 5.02 Å². The summed E-state index contributed by atoms with van der Waals surface area (Å²) in [7, 11) is 0. The van der Waals surface area contributed by atoms with E-state index in [0.29, 0.717) is 17.4 Å². The number of carbonyl (C=O) groups excluding carboxylic acids is 2. The van der Waals surface area contributed by atoms with Crippen LogP contribution >= 0.6 is 22.9 Å². The van der Waals surface area contributed by atoms with Gasteiger partial charge in [-0.1, -0.05) is 23.7 Å². The first kappa shape index (κ1) is 28.9. The highest BCUT2D eigenvalue weighted by Gasteiger charge is 2.32. The Labute approximate surface area is 237 Å². The monoisotopic (exact) mass is 571 g/mol. The zero-order valence-electron chi connectivity index (χ0n) is 23.1. The van der Waals surface area contributed by atoms with Crippen LogP contribution in [0, 0.1) is 20.8 Å². The lowest BCUT2D eigenvalue weighted by Gasteiger charge is -2.19. The molecule has 3 aromatic rings. The van der Waals surface area contributed by atoms with Crippen molar-refractivity contribution in [1.82, 2.24) is 20.1 Å². The number of rotatable bonds is 9. The van der Waals surface area contributed by atoms with Crippen LogP contribution in [0.25, 0.3) is 5.00 Å². The molecular formula is C28H34ClN5O4S. The van der Waals surface area contributed by atoms with Gasteiger partial charge in [-0.15, -0.1) is 21.5 Å². The van der Waals surface area contributed by atoms with Crippen LogP contribution in [-0.2, 0) is 19.1 Å². The van der Waals surface area contributed by atoms with Crippen LogP contribution in [0.1, 0.15) is 72.9 Å². The summed E-state index contributed by atoms with van der Waals surface area (Å²) >= 11 is 7.83. The Bertz CT molecular complexity index is 1390. The maximum atomic E-state index is 13.0. The van der Waals surface area contributed by atoms with Crippen molar-refractivity contribution < 1.29 is 19.1 Å². The molecule has 0 fully saturated rings. The van der Waals surface area contributed by atoms with E-state index < -0.39 is 11.6 Å². The summed E-state index contributed by atoms with van der Waals surface area (Å²) in [4.78, 5) is 31.1. The summed E-state index contributed by atoms with van der Waals surface area (Å²) in [6, 6.07) is 7.04. The van der Waals surface area contributed by atoms with E-state index in [4.69, 9.17) is 26.1 Å². The van der Waals surface area contributed by atoms with Gasteiger partial charge in [0.1, 0.15) is 22.5 Å². The lowest BCUT2D eigenvalue weighted by Crippen LogP contribution is -2.29. The van der Waals surface area contributed by atoms with E-state index in [9.17, 15) is 9.59 Å². The molecule has 9 nitrogen and oxygen atoms in total. The van der Waals surface area contributed by atoms with Crippen molar-refractivity contribution in [3.63, 3.8) is 0 Å². The fraction of sp³-hybridized carbons (Fsp3) is 0.464. The lowest BCUT2D eigenvalue weighted by atomic mass is 9.99. The first-order valence-electron chi connectivity index (χ1n) is 12.9. The van der Waals surface area contributed by atoms with E-state index in [-0.39, 0.29) is 37.9 Å². The van der Waals surface area contributed by atoms with Crippen molar-refractivity contribution in [3.05, 3.63) is 62.5 Å². The van der Waals surface area contributed by atoms with Gasteiger partial charge in [0.25, 0.3) is 0 Å². The third-order valence-corrected chi connectivity index (χ3v) is 7.62. The van der Waals surface area contributed by atoms with Crippen LogP contribution < -0.4 is 5.32 Å². The molecule has 2 aromatic heterocycles. The number of carbonyl (C=O) groups is 2. The fourth-order valence-electron chi connectivity index (χ4n) is 4.29. The van der Waals surface area contributed by atoms with E-state index in [1.165, 1.54) is 4.88 Å². The molecule has 0 spiro atoms. The predicted octanol–water partition coefficient (Wildman–Crippen LogP) is 5.05. The summed E-state index contributed by atoms with van der Waals surface area (Å²) in [5.41, 5.74) is 3.35. The van der Waals surface area contributed by atoms with Crippen molar-refractivity contribution in [2.24, 2.45) is 4.99 Å². The number of esters is 1. The fourth-order valence-corrected chi connectivity index (χ4v) is 5.63. The van der Waals surface area contributed by atoms with Gasteiger partial charge in [-0.3, -0.25) is 19.1 Å². The van der Waals surface area contributed by atoms with E-state index in [0.717, 1.165) is 33.2 Å². The number of thiophene rings is 1. The van der Waals surface area contributed by atoms with Gasteiger partial charge in [-0.05, 0) is 59.2 Å². The van der Waals surface area contributed by atoms with Gasteiger partial charge < -0.3 is 14.8 Å². The summed E-state index contributed by atoms with van der Waals surface area (Å²) < 4.78 is 12.8. The van der Waals surface area contributed by atoms with Gasteiger partial charge in [0.2, 0.25) is 5.91 Å². The molecule has 0 bridgehead atoms. The molecule has 11 heteroatoms. The second-order valence-electron chi connectivity index (χ2n) is 10.4. The zero-order chi connectivity index (χ0) is 28.3. The first-order chi connectivity index (χ1) is 18.4. The predicted molar refractivity (Wildman–Crippen MR) is 152 cm³/mol. The largest absolute Gasteiger partial charge is 0.460 e. The standard InChI is InChI=1S/C28H34ClN5O4S/c1-16-17(2)39-27-24(16)25(19-7-9-20(29)10-8-19)31-21(26-33-32-18(3)34(26)27)15-22(35)30-12-14-37-13-11-23(36)38-28(4,5)6/h7-10,21H,11-15H2,1-6H3,(H,30,35)/t21-/m0/s1. The van der Waals surface area contributed by atoms with Crippen molar-refractivity contribution in [2.75, 3.05) is 19.8 Å². The molecule has 1 aliphatic heterocycles. The lowest BCUT2D eigenvalue weighted by molar-refractivity contribution is -0.156. The maximum absolute atomic E-state index is 13.0. The summed E-state index contributed by atoms with van der Waals surface area (Å²) in [5.74, 6) is 0.875. The highest BCUT2D eigenvalue weighted by molar-refractivity contribution is 7.15. The molecule has 0 saturated heterocycles. The number of nitrogens with zero attached hydrogens (tertiary/aromatic N) is 4. The van der Waals surface area contributed by atoms with E-state index in [1.54, 1.807) is 11.3 Å². The molecule has 0 unspecified atom stereocenters. The topological polar surface area (TPSA) is 108 Å². The Morgan fingerprint density at radius 1 is 1.10 bits per heavy atom. The minimum absolute atomic E-state index is 0.0973. The SMILES string of the molecule is Cc1sc2c(c1C)C(c1ccc(Cl)cc1)=N[C@@H](CC(=O)NCCOCCC(=O)OC(C)(C)C)c1nnc(C)n1-2. The number of benzene rings is 1. The first-order valence-corrected chi connectivity index (χ1v) is 14.1. The molecule has 1 N–H and O–H groups in total. The number of nitrogens with one attached hydrogen (secondary N) is 1. The van der Waals surface area contributed by atoms with Gasteiger partial charge in [-0.2, -0.15) is 0 Å². The van der Waals surface area contributed by atoms with E-state index in [1.807, 2.05) is 56.5 Å². The normalized spacial score (nSPS) is 14.7. The third kappa shape index (κ3) is 6.93. The molecule has 39 heavy (non-hydrogen) atoms. The smallest absolute Gasteiger partial charge is 0.308 e. The molecule has 0 radical (unpaired) electrons. The number of aliphatic imine (C=N–C) groups is 1.